The molecule has 1 amide bonds. The number of rotatable bonds is 3. The zero-order valence-electron chi connectivity index (χ0n) is 9.87. The fourth-order valence-corrected chi connectivity index (χ4v) is 1.62. The lowest BCUT2D eigenvalue weighted by atomic mass is 10.2. The Balaban J connectivity index is 2.33. The number of hydrogen-bond acceptors (Lipinski definition) is 5. The molecule has 0 atom stereocenters. The van der Waals surface area contributed by atoms with Crippen LogP contribution in [0.2, 0.25) is 5.02 Å². The molecule has 8 heteroatoms. The molecule has 0 radical (unpaired) electrons. The SMILES string of the molecule is O=C(Nc1nccnc1C(=O)O)c1cc(Cl)ccc1O. The van der Waals surface area contributed by atoms with Crippen molar-refractivity contribution >= 4 is 29.3 Å². The molecule has 2 rings (SSSR count). The van der Waals surface area contributed by atoms with Gasteiger partial charge in [-0.2, -0.15) is 0 Å². The van der Waals surface area contributed by atoms with Gasteiger partial charge in [0.15, 0.2) is 11.5 Å². The van der Waals surface area contributed by atoms with E-state index in [0.29, 0.717) is 0 Å². The molecular formula is C12H8ClN3O4. The summed E-state index contributed by atoms with van der Waals surface area (Å²) >= 11 is 5.73. The number of phenols is 1. The highest BCUT2D eigenvalue weighted by atomic mass is 35.5. The van der Waals surface area contributed by atoms with Crippen LogP contribution >= 0.6 is 11.6 Å². The molecule has 0 saturated carbocycles. The van der Waals surface area contributed by atoms with E-state index in [9.17, 15) is 14.7 Å². The molecule has 2 aromatic rings. The van der Waals surface area contributed by atoms with Gasteiger partial charge in [0.05, 0.1) is 5.56 Å². The van der Waals surface area contributed by atoms with Crippen molar-refractivity contribution in [2.45, 2.75) is 0 Å². The Morgan fingerprint density at radius 2 is 1.90 bits per heavy atom. The Labute approximate surface area is 117 Å². The maximum atomic E-state index is 12.0. The summed E-state index contributed by atoms with van der Waals surface area (Å²) < 4.78 is 0. The van der Waals surface area contributed by atoms with Crippen LogP contribution in [0, 0.1) is 0 Å². The standard InChI is InChI=1S/C12H8ClN3O4/c13-6-1-2-8(17)7(5-6)11(18)16-10-9(12(19)20)14-3-4-15-10/h1-5,17H,(H,19,20)(H,15,16,18). The number of aromatic nitrogens is 2. The average Bonchev–Trinajstić information content (AvgIpc) is 2.41. The van der Waals surface area contributed by atoms with Gasteiger partial charge in [0.2, 0.25) is 0 Å². The van der Waals surface area contributed by atoms with Gasteiger partial charge in [-0.3, -0.25) is 4.79 Å². The third kappa shape index (κ3) is 2.83. The number of halogens is 1. The molecule has 20 heavy (non-hydrogen) atoms. The average molecular weight is 294 g/mol. The Morgan fingerprint density at radius 3 is 2.60 bits per heavy atom. The Morgan fingerprint density at radius 1 is 1.20 bits per heavy atom. The Hall–Kier alpha value is -2.67. The fraction of sp³-hybridized carbons (Fsp3) is 0. The number of nitrogens with zero attached hydrogens (tertiary/aromatic N) is 2. The number of carbonyl (C=O) groups excluding carboxylic acids is 1. The lowest BCUT2D eigenvalue weighted by Crippen LogP contribution is -2.17. The highest BCUT2D eigenvalue weighted by Crippen LogP contribution is 2.22. The number of phenolic OH excluding ortho intramolecular Hbond substituents is 1. The van der Waals surface area contributed by atoms with Gasteiger partial charge in [-0.05, 0) is 18.2 Å². The summed E-state index contributed by atoms with van der Waals surface area (Å²) in [5.74, 6) is -2.58. The molecule has 3 N–H and O–H groups in total. The lowest BCUT2D eigenvalue weighted by Gasteiger charge is -2.07. The highest BCUT2D eigenvalue weighted by molar-refractivity contribution is 6.31. The van der Waals surface area contributed by atoms with E-state index < -0.39 is 17.6 Å². The van der Waals surface area contributed by atoms with Gasteiger partial charge in [-0.15, -0.1) is 0 Å². The topological polar surface area (TPSA) is 112 Å². The number of carbonyl (C=O) groups is 2. The van der Waals surface area contributed by atoms with Gasteiger partial charge in [0.1, 0.15) is 5.75 Å². The van der Waals surface area contributed by atoms with Gasteiger partial charge >= 0.3 is 5.97 Å². The van der Waals surface area contributed by atoms with Crippen LogP contribution in [0.4, 0.5) is 5.82 Å². The van der Waals surface area contributed by atoms with Crippen LogP contribution in [0.1, 0.15) is 20.8 Å². The van der Waals surface area contributed by atoms with E-state index in [2.05, 4.69) is 15.3 Å². The monoisotopic (exact) mass is 293 g/mol. The molecule has 1 aromatic carbocycles. The molecule has 0 unspecified atom stereocenters. The van der Waals surface area contributed by atoms with E-state index in [0.717, 1.165) is 0 Å². The van der Waals surface area contributed by atoms with Gasteiger partial charge in [0.25, 0.3) is 5.91 Å². The molecule has 102 valence electrons. The second kappa shape index (κ2) is 5.54. The zero-order chi connectivity index (χ0) is 14.7. The third-order valence-electron chi connectivity index (χ3n) is 2.34. The number of anilines is 1. The number of carboxylic acid groups (broad SMARTS) is 1. The minimum absolute atomic E-state index is 0.0977. The van der Waals surface area contributed by atoms with Crippen molar-refractivity contribution in [2.75, 3.05) is 5.32 Å². The summed E-state index contributed by atoms with van der Waals surface area (Å²) in [7, 11) is 0. The first-order chi connectivity index (χ1) is 9.49. The van der Waals surface area contributed by atoms with Crippen LogP contribution < -0.4 is 5.32 Å². The van der Waals surface area contributed by atoms with Crippen molar-refractivity contribution in [3.63, 3.8) is 0 Å². The second-order valence-corrected chi connectivity index (χ2v) is 4.11. The maximum absolute atomic E-state index is 12.0. The first-order valence-electron chi connectivity index (χ1n) is 5.33. The quantitative estimate of drug-likeness (QED) is 0.795. The third-order valence-corrected chi connectivity index (χ3v) is 2.57. The van der Waals surface area contributed by atoms with E-state index in [4.69, 9.17) is 16.7 Å². The van der Waals surface area contributed by atoms with Crippen LogP contribution in [-0.4, -0.2) is 32.1 Å². The van der Waals surface area contributed by atoms with Crippen molar-refractivity contribution < 1.29 is 19.8 Å². The van der Waals surface area contributed by atoms with Crippen LogP contribution in [-0.2, 0) is 0 Å². The summed E-state index contributed by atoms with van der Waals surface area (Å²) in [5.41, 5.74) is -0.498. The molecule has 1 heterocycles. The summed E-state index contributed by atoms with van der Waals surface area (Å²) in [6.45, 7) is 0. The van der Waals surface area contributed by atoms with Crippen LogP contribution in [0.5, 0.6) is 5.75 Å². The lowest BCUT2D eigenvalue weighted by molar-refractivity contribution is 0.0691. The molecule has 0 fully saturated rings. The molecule has 0 saturated heterocycles. The van der Waals surface area contributed by atoms with Crippen molar-refractivity contribution in [3.8, 4) is 5.75 Å². The largest absolute Gasteiger partial charge is 0.507 e. The van der Waals surface area contributed by atoms with Crippen LogP contribution in [0.15, 0.2) is 30.6 Å². The molecule has 0 bridgehead atoms. The summed E-state index contributed by atoms with van der Waals surface area (Å²) in [6, 6.07) is 3.92. The van der Waals surface area contributed by atoms with Gasteiger partial charge < -0.3 is 15.5 Å². The molecule has 0 aliphatic rings. The number of benzene rings is 1. The minimum atomic E-state index is -1.33. The maximum Gasteiger partial charge on any atom is 0.358 e. The number of aromatic hydroxyl groups is 1. The van der Waals surface area contributed by atoms with Crippen LogP contribution in [0.3, 0.4) is 0 Å². The number of hydrogen-bond donors (Lipinski definition) is 3. The predicted molar refractivity (Wildman–Crippen MR) is 70.1 cm³/mol. The highest BCUT2D eigenvalue weighted by Gasteiger charge is 2.18. The van der Waals surface area contributed by atoms with Gasteiger partial charge in [-0.25, -0.2) is 14.8 Å². The molecule has 0 aliphatic heterocycles. The summed E-state index contributed by atoms with van der Waals surface area (Å²) in [4.78, 5) is 30.2. The second-order valence-electron chi connectivity index (χ2n) is 3.67. The first kappa shape index (κ1) is 13.8. The summed E-state index contributed by atoms with van der Waals surface area (Å²) in [6.07, 6.45) is 2.43. The van der Waals surface area contributed by atoms with E-state index >= 15 is 0 Å². The van der Waals surface area contributed by atoms with E-state index in [1.165, 1.54) is 30.6 Å². The number of aromatic carboxylic acids is 1. The number of carboxylic acids is 1. The Kier molecular flexibility index (Phi) is 3.81. The zero-order valence-corrected chi connectivity index (χ0v) is 10.6. The predicted octanol–water partition coefficient (Wildman–Crippen LogP) is 1.79. The molecule has 0 spiro atoms. The molecule has 1 aromatic heterocycles. The van der Waals surface area contributed by atoms with Gasteiger partial charge in [0, 0.05) is 17.4 Å². The van der Waals surface area contributed by atoms with Crippen molar-refractivity contribution in [3.05, 3.63) is 46.9 Å². The van der Waals surface area contributed by atoms with Gasteiger partial charge in [-0.1, -0.05) is 11.6 Å². The van der Waals surface area contributed by atoms with E-state index in [-0.39, 0.29) is 22.2 Å². The fourth-order valence-electron chi connectivity index (χ4n) is 1.45. The smallest absolute Gasteiger partial charge is 0.358 e. The Bertz CT molecular complexity index is 690. The number of nitrogens with one attached hydrogen (secondary N) is 1. The molecule has 7 nitrogen and oxygen atoms in total. The molecular weight excluding hydrogens is 286 g/mol. The van der Waals surface area contributed by atoms with Crippen molar-refractivity contribution in [1.82, 2.24) is 9.97 Å². The van der Waals surface area contributed by atoms with Crippen LogP contribution in [0.25, 0.3) is 0 Å². The number of amides is 1. The first-order valence-corrected chi connectivity index (χ1v) is 5.71. The summed E-state index contributed by atoms with van der Waals surface area (Å²) in [5, 5.41) is 21.0. The molecule has 0 aliphatic carbocycles. The van der Waals surface area contributed by atoms with E-state index in [1.807, 2.05) is 0 Å². The van der Waals surface area contributed by atoms with Crippen molar-refractivity contribution in [2.24, 2.45) is 0 Å². The normalized spacial score (nSPS) is 10.1. The minimum Gasteiger partial charge on any atom is -0.507 e. The van der Waals surface area contributed by atoms with E-state index in [1.54, 1.807) is 0 Å². The van der Waals surface area contributed by atoms with Crippen molar-refractivity contribution in [1.29, 1.82) is 0 Å².